The van der Waals surface area contributed by atoms with E-state index in [-0.39, 0.29) is 0 Å². The zero-order valence-corrected chi connectivity index (χ0v) is 13.2. The number of aldehydes is 1. The van der Waals surface area contributed by atoms with Gasteiger partial charge in [-0.2, -0.15) is 5.10 Å². The van der Waals surface area contributed by atoms with Crippen molar-refractivity contribution in [3.05, 3.63) is 34.4 Å². The van der Waals surface area contributed by atoms with Crippen molar-refractivity contribution in [2.24, 2.45) is 0 Å². The average Bonchev–Trinajstić information content (AvgIpc) is 2.71. The van der Waals surface area contributed by atoms with Crippen LogP contribution in [-0.4, -0.2) is 16.1 Å². The molecular formula is C17H23N3O. The summed E-state index contributed by atoms with van der Waals surface area (Å²) in [6.07, 6.45) is 2.88. The van der Waals surface area contributed by atoms with Crippen LogP contribution < -0.4 is 5.73 Å². The summed E-state index contributed by atoms with van der Waals surface area (Å²) in [6, 6.07) is 4.22. The number of anilines is 1. The van der Waals surface area contributed by atoms with Gasteiger partial charge in [-0.05, 0) is 38.3 Å². The maximum absolute atomic E-state index is 11.5. The lowest BCUT2D eigenvalue weighted by Crippen LogP contribution is -2.05. The topological polar surface area (TPSA) is 60.9 Å². The quantitative estimate of drug-likeness (QED) is 0.853. The van der Waals surface area contributed by atoms with Crippen molar-refractivity contribution in [3.63, 3.8) is 0 Å². The van der Waals surface area contributed by atoms with E-state index in [0.717, 1.165) is 42.4 Å². The van der Waals surface area contributed by atoms with Crippen LogP contribution in [0.3, 0.4) is 0 Å². The molecule has 0 unspecified atom stereocenters. The summed E-state index contributed by atoms with van der Waals surface area (Å²) in [5.41, 5.74) is 11.8. The molecule has 0 saturated heterocycles. The van der Waals surface area contributed by atoms with Crippen LogP contribution in [-0.2, 0) is 6.54 Å². The van der Waals surface area contributed by atoms with Crippen LogP contribution in [0.25, 0.3) is 11.3 Å². The molecule has 2 rings (SSSR count). The highest BCUT2D eigenvalue weighted by atomic mass is 16.1. The molecule has 1 heterocycles. The molecule has 1 aromatic carbocycles. The zero-order chi connectivity index (χ0) is 15.6. The smallest absolute Gasteiger partial charge is 0.156 e. The molecule has 1 aromatic heterocycles. The number of unbranched alkanes of at least 4 members (excludes halogenated alkanes) is 1. The van der Waals surface area contributed by atoms with E-state index in [9.17, 15) is 4.79 Å². The minimum Gasteiger partial charge on any atom is -0.383 e. The first-order valence-electron chi connectivity index (χ1n) is 7.39. The number of carbonyl (C=O) groups is 1. The largest absolute Gasteiger partial charge is 0.383 e. The van der Waals surface area contributed by atoms with Gasteiger partial charge in [0.05, 0.1) is 5.56 Å². The highest BCUT2D eigenvalue weighted by Crippen LogP contribution is 2.32. The van der Waals surface area contributed by atoms with Crippen LogP contribution in [0.1, 0.15) is 46.8 Å². The van der Waals surface area contributed by atoms with Crippen LogP contribution in [0.2, 0.25) is 0 Å². The summed E-state index contributed by atoms with van der Waals surface area (Å²) in [5, 5.41) is 4.60. The molecule has 0 saturated carbocycles. The minimum absolute atomic E-state index is 0.466. The molecule has 2 N–H and O–H groups in total. The Balaban J connectivity index is 2.61. The van der Waals surface area contributed by atoms with Gasteiger partial charge in [0.25, 0.3) is 0 Å². The summed E-state index contributed by atoms with van der Waals surface area (Å²) in [5.74, 6) is 0.466. The van der Waals surface area contributed by atoms with Gasteiger partial charge in [0.15, 0.2) is 6.29 Å². The number of hydrogen-bond donors (Lipinski definition) is 1. The summed E-state index contributed by atoms with van der Waals surface area (Å²) in [4.78, 5) is 11.5. The van der Waals surface area contributed by atoms with E-state index < -0.39 is 0 Å². The predicted molar refractivity (Wildman–Crippen MR) is 86.6 cm³/mol. The second kappa shape index (κ2) is 6.12. The van der Waals surface area contributed by atoms with E-state index in [1.54, 1.807) is 4.68 Å². The lowest BCUT2D eigenvalue weighted by Gasteiger charge is -2.09. The van der Waals surface area contributed by atoms with Crippen LogP contribution in [0, 0.1) is 20.8 Å². The van der Waals surface area contributed by atoms with Gasteiger partial charge in [-0.3, -0.25) is 4.79 Å². The molecule has 112 valence electrons. The van der Waals surface area contributed by atoms with E-state index in [4.69, 9.17) is 5.73 Å². The molecule has 0 radical (unpaired) electrons. The molecule has 0 fully saturated rings. The van der Waals surface area contributed by atoms with E-state index in [0.29, 0.717) is 17.1 Å². The summed E-state index contributed by atoms with van der Waals surface area (Å²) >= 11 is 0. The number of rotatable bonds is 5. The van der Waals surface area contributed by atoms with Crippen molar-refractivity contribution in [2.45, 2.75) is 47.1 Å². The number of hydrogen-bond acceptors (Lipinski definition) is 3. The van der Waals surface area contributed by atoms with Crippen molar-refractivity contribution >= 4 is 12.1 Å². The van der Waals surface area contributed by atoms with Crippen LogP contribution >= 0.6 is 0 Å². The monoisotopic (exact) mass is 285 g/mol. The third kappa shape index (κ3) is 2.84. The summed E-state index contributed by atoms with van der Waals surface area (Å²) < 4.78 is 1.75. The van der Waals surface area contributed by atoms with Gasteiger partial charge in [-0.15, -0.1) is 0 Å². The number of carbonyl (C=O) groups excluding carboxylic acids is 1. The Morgan fingerprint density at radius 1 is 1.24 bits per heavy atom. The maximum Gasteiger partial charge on any atom is 0.156 e. The van der Waals surface area contributed by atoms with Crippen molar-refractivity contribution in [3.8, 4) is 11.3 Å². The Kier molecular flexibility index (Phi) is 4.46. The number of aromatic nitrogens is 2. The van der Waals surface area contributed by atoms with E-state index in [1.807, 2.05) is 13.8 Å². The molecule has 0 bridgehead atoms. The highest BCUT2D eigenvalue weighted by molar-refractivity contribution is 5.92. The standard InChI is InChI=1S/C17H23N3O/c1-5-6-7-20-17(18)14(10-21)16(19-20)15-12(3)8-11(2)9-13(15)4/h8-10H,5-7,18H2,1-4H3. The summed E-state index contributed by atoms with van der Waals surface area (Å²) in [6.45, 7) is 9.03. The van der Waals surface area contributed by atoms with Crippen LogP contribution in [0.4, 0.5) is 5.82 Å². The number of benzene rings is 1. The molecule has 0 spiro atoms. The van der Waals surface area contributed by atoms with Gasteiger partial charge in [-0.1, -0.05) is 31.0 Å². The second-order valence-corrected chi connectivity index (χ2v) is 5.62. The fourth-order valence-corrected chi connectivity index (χ4v) is 2.82. The normalized spacial score (nSPS) is 10.9. The van der Waals surface area contributed by atoms with E-state index in [1.165, 1.54) is 5.56 Å². The lowest BCUT2D eigenvalue weighted by atomic mass is 9.95. The van der Waals surface area contributed by atoms with Gasteiger partial charge in [0, 0.05) is 12.1 Å². The van der Waals surface area contributed by atoms with Gasteiger partial charge in [0.1, 0.15) is 11.5 Å². The SMILES string of the molecule is CCCCn1nc(-c2c(C)cc(C)cc2C)c(C=O)c1N. The number of nitrogens with two attached hydrogens (primary N) is 1. The molecule has 0 aliphatic rings. The third-order valence-corrected chi connectivity index (χ3v) is 3.79. The maximum atomic E-state index is 11.5. The summed E-state index contributed by atoms with van der Waals surface area (Å²) in [7, 11) is 0. The van der Waals surface area contributed by atoms with Gasteiger partial charge < -0.3 is 5.73 Å². The average molecular weight is 285 g/mol. The Morgan fingerprint density at radius 2 is 1.86 bits per heavy atom. The number of aryl methyl sites for hydroxylation is 4. The Morgan fingerprint density at radius 3 is 2.38 bits per heavy atom. The van der Waals surface area contributed by atoms with Crippen molar-refractivity contribution < 1.29 is 4.79 Å². The Hall–Kier alpha value is -2.10. The molecule has 0 amide bonds. The van der Waals surface area contributed by atoms with Gasteiger partial charge in [0.2, 0.25) is 0 Å². The van der Waals surface area contributed by atoms with E-state index in [2.05, 4.69) is 31.1 Å². The first kappa shape index (κ1) is 15.3. The fourth-order valence-electron chi connectivity index (χ4n) is 2.82. The molecule has 4 nitrogen and oxygen atoms in total. The van der Waals surface area contributed by atoms with Crippen LogP contribution in [0.5, 0.6) is 0 Å². The number of nitrogen functional groups attached to an aromatic ring is 1. The zero-order valence-electron chi connectivity index (χ0n) is 13.2. The second-order valence-electron chi connectivity index (χ2n) is 5.62. The molecular weight excluding hydrogens is 262 g/mol. The fraction of sp³-hybridized carbons (Fsp3) is 0.412. The molecule has 4 heteroatoms. The van der Waals surface area contributed by atoms with Gasteiger partial charge in [-0.25, -0.2) is 4.68 Å². The van der Waals surface area contributed by atoms with Crippen molar-refractivity contribution in [2.75, 3.05) is 5.73 Å². The Bertz CT molecular complexity index is 648. The first-order chi connectivity index (χ1) is 9.99. The molecule has 0 aliphatic heterocycles. The third-order valence-electron chi connectivity index (χ3n) is 3.79. The van der Waals surface area contributed by atoms with Crippen LogP contribution in [0.15, 0.2) is 12.1 Å². The molecule has 0 aliphatic carbocycles. The predicted octanol–water partition coefficient (Wildman–Crippen LogP) is 3.67. The van der Waals surface area contributed by atoms with E-state index >= 15 is 0 Å². The lowest BCUT2D eigenvalue weighted by molar-refractivity contribution is 0.112. The molecule has 21 heavy (non-hydrogen) atoms. The highest BCUT2D eigenvalue weighted by Gasteiger charge is 2.19. The Labute approximate surface area is 126 Å². The first-order valence-corrected chi connectivity index (χ1v) is 7.39. The molecule has 0 atom stereocenters. The van der Waals surface area contributed by atoms with Gasteiger partial charge >= 0.3 is 0 Å². The van der Waals surface area contributed by atoms with Crippen molar-refractivity contribution in [1.82, 2.24) is 9.78 Å². The molecule has 2 aromatic rings. The number of nitrogens with zero attached hydrogens (tertiary/aromatic N) is 2. The minimum atomic E-state index is 0.466. The van der Waals surface area contributed by atoms with Crippen molar-refractivity contribution in [1.29, 1.82) is 0 Å².